The van der Waals surface area contributed by atoms with Gasteiger partial charge in [-0.3, -0.25) is 9.67 Å². The molecule has 0 saturated carbocycles. The third-order valence-electron chi connectivity index (χ3n) is 2.36. The number of nitrogens with zero attached hydrogens (tertiary/aromatic N) is 3. The molecule has 0 unspecified atom stereocenters. The van der Waals surface area contributed by atoms with Crippen molar-refractivity contribution in [2.75, 3.05) is 0 Å². The molecule has 0 atom stereocenters. The smallest absolute Gasteiger partial charge is 0.0914 e. The van der Waals surface area contributed by atoms with Crippen molar-refractivity contribution in [3.63, 3.8) is 0 Å². The highest BCUT2D eigenvalue weighted by Gasteiger charge is 2.10. The Morgan fingerprint density at radius 1 is 1.21 bits per heavy atom. The lowest BCUT2D eigenvalue weighted by Crippen LogP contribution is -1.97. The minimum Gasteiger partial charge on any atom is -0.266 e. The summed E-state index contributed by atoms with van der Waals surface area (Å²) < 4.78 is 1.87. The fraction of sp³-hybridized carbons (Fsp3) is 0.273. The van der Waals surface area contributed by atoms with E-state index in [0.717, 1.165) is 17.0 Å². The minimum absolute atomic E-state index is 1.02. The third-order valence-corrected chi connectivity index (χ3v) is 2.36. The van der Waals surface area contributed by atoms with E-state index < -0.39 is 0 Å². The molecular weight excluding hydrogens is 174 g/mol. The van der Waals surface area contributed by atoms with Crippen LogP contribution in [-0.4, -0.2) is 14.8 Å². The fourth-order valence-electron chi connectivity index (χ4n) is 1.62. The van der Waals surface area contributed by atoms with E-state index in [1.807, 2.05) is 30.2 Å². The Labute approximate surface area is 83.4 Å². The van der Waals surface area contributed by atoms with Gasteiger partial charge in [-0.15, -0.1) is 0 Å². The lowest BCUT2D eigenvalue weighted by atomic mass is 10.1. The molecule has 0 N–H and O–H groups in total. The molecule has 2 rings (SSSR count). The van der Waals surface area contributed by atoms with E-state index in [1.165, 1.54) is 5.56 Å². The first-order valence-electron chi connectivity index (χ1n) is 4.60. The number of aryl methyl sites for hydroxylation is 3. The van der Waals surface area contributed by atoms with E-state index in [0.29, 0.717) is 0 Å². The predicted octanol–water partition coefficient (Wildman–Crippen LogP) is 2.10. The number of pyridine rings is 1. The predicted molar refractivity (Wildman–Crippen MR) is 55.9 cm³/mol. The molecule has 2 aromatic rings. The maximum Gasteiger partial charge on any atom is 0.0914 e. The van der Waals surface area contributed by atoms with Gasteiger partial charge in [0.2, 0.25) is 0 Å². The largest absolute Gasteiger partial charge is 0.266 e. The summed E-state index contributed by atoms with van der Waals surface area (Å²) in [6.45, 7) is 4.12. The van der Waals surface area contributed by atoms with Crippen molar-refractivity contribution in [2.45, 2.75) is 13.8 Å². The van der Waals surface area contributed by atoms with Crippen LogP contribution in [0.4, 0.5) is 0 Å². The second kappa shape index (κ2) is 3.25. The summed E-state index contributed by atoms with van der Waals surface area (Å²) in [6.07, 6.45) is 3.68. The SMILES string of the molecule is Cc1cccnc1-c1c(C)cnn1C. The topological polar surface area (TPSA) is 30.7 Å². The van der Waals surface area contributed by atoms with Gasteiger partial charge >= 0.3 is 0 Å². The average Bonchev–Trinajstić information content (AvgIpc) is 2.48. The van der Waals surface area contributed by atoms with Gasteiger partial charge in [0.05, 0.1) is 17.6 Å². The molecule has 0 aliphatic carbocycles. The molecule has 0 fully saturated rings. The summed E-state index contributed by atoms with van der Waals surface area (Å²) in [6, 6.07) is 4.01. The maximum absolute atomic E-state index is 4.38. The second-order valence-electron chi connectivity index (χ2n) is 3.47. The van der Waals surface area contributed by atoms with Gasteiger partial charge in [0, 0.05) is 13.2 Å². The maximum atomic E-state index is 4.38. The molecule has 0 saturated heterocycles. The molecule has 0 amide bonds. The van der Waals surface area contributed by atoms with Crippen molar-refractivity contribution in [3.05, 3.63) is 35.7 Å². The molecule has 3 heteroatoms. The van der Waals surface area contributed by atoms with Gasteiger partial charge < -0.3 is 0 Å². The van der Waals surface area contributed by atoms with E-state index in [4.69, 9.17) is 0 Å². The van der Waals surface area contributed by atoms with Crippen LogP contribution in [0.2, 0.25) is 0 Å². The van der Waals surface area contributed by atoms with E-state index in [2.05, 4.69) is 30.0 Å². The monoisotopic (exact) mass is 187 g/mol. The zero-order chi connectivity index (χ0) is 10.1. The lowest BCUT2D eigenvalue weighted by Gasteiger charge is -2.05. The number of hydrogen-bond acceptors (Lipinski definition) is 2. The van der Waals surface area contributed by atoms with Crippen molar-refractivity contribution in [2.24, 2.45) is 7.05 Å². The Morgan fingerprint density at radius 2 is 2.00 bits per heavy atom. The second-order valence-corrected chi connectivity index (χ2v) is 3.47. The highest BCUT2D eigenvalue weighted by atomic mass is 15.3. The van der Waals surface area contributed by atoms with E-state index in [-0.39, 0.29) is 0 Å². The summed E-state index contributed by atoms with van der Waals surface area (Å²) in [5.74, 6) is 0. The molecule has 0 aliphatic rings. The summed E-state index contributed by atoms with van der Waals surface area (Å²) in [5.41, 5.74) is 4.46. The van der Waals surface area contributed by atoms with Crippen LogP contribution >= 0.6 is 0 Å². The Bertz CT molecular complexity index is 438. The number of rotatable bonds is 1. The van der Waals surface area contributed by atoms with Gasteiger partial charge in [-0.1, -0.05) is 6.07 Å². The Kier molecular flexibility index (Phi) is 2.08. The van der Waals surface area contributed by atoms with Gasteiger partial charge in [0.25, 0.3) is 0 Å². The molecule has 2 heterocycles. The van der Waals surface area contributed by atoms with Crippen molar-refractivity contribution in [1.29, 1.82) is 0 Å². The summed E-state index contributed by atoms with van der Waals surface area (Å²) in [7, 11) is 1.94. The summed E-state index contributed by atoms with van der Waals surface area (Å²) >= 11 is 0. The molecule has 0 bridgehead atoms. The molecule has 0 spiro atoms. The van der Waals surface area contributed by atoms with Gasteiger partial charge in [-0.2, -0.15) is 5.10 Å². The summed E-state index contributed by atoms with van der Waals surface area (Å²) in [5, 5.41) is 4.21. The fourth-order valence-corrected chi connectivity index (χ4v) is 1.62. The highest BCUT2D eigenvalue weighted by Crippen LogP contribution is 2.22. The molecule has 3 nitrogen and oxygen atoms in total. The molecule has 0 aromatic carbocycles. The third kappa shape index (κ3) is 1.31. The number of aromatic nitrogens is 3. The Morgan fingerprint density at radius 3 is 2.57 bits per heavy atom. The quantitative estimate of drug-likeness (QED) is 0.684. The van der Waals surface area contributed by atoms with Crippen molar-refractivity contribution >= 4 is 0 Å². The lowest BCUT2D eigenvalue weighted by molar-refractivity contribution is 0.772. The zero-order valence-electron chi connectivity index (χ0n) is 8.65. The van der Waals surface area contributed by atoms with Crippen molar-refractivity contribution < 1.29 is 0 Å². The van der Waals surface area contributed by atoms with Gasteiger partial charge in [-0.25, -0.2) is 0 Å². The van der Waals surface area contributed by atoms with Crippen LogP contribution in [0.15, 0.2) is 24.5 Å². The van der Waals surface area contributed by atoms with Crippen LogP contribution < -0.4 is 0 Å². The van der Waals surface area contributed by atoms with E-state index in [1.54, 1.807) is 0 Å². The van der Waals surface area contributed by atoms with Crippen LogP contribution in [0, 0.1) is 13.8 Å². The van der Waals surface area contributed by atoms with E-state index >= 15 is 0 Å². The van der Waals surface area contributed by atoms with Gasteiger partial charge in [-0.05, 0) is 31.0 Å². The van der Waals surface area contributed by atoms with Crippen LogP contribution in [0.1, 0.15) is 11.1 Å². The van der Waals surface area contributed by atoms with Crippen LogP contribution in [-0.2, 0) is 7.05 Å². The standard InChI is InChI=1S/C11H13N3/c1-8-5-4-6-12-10(8)11-9(2)7-13-14(11)3/h4-7H,1-3H3. The first kappa shape index (κ1) is 8.94. The molecule has 72 valence electrons. The molecule has 14 heavy (non-hydrogen) atoms. The summed E-state index contributed by atoms with van der Waals surface area (Å²) in [4.78, 5) is 4.38. The zero-order valence-corrected chi connectivity index (χ0v) is 8.65. The van der Waals surface area contributed by atoms with Crippen LogP contribution in [0.5, 0.6) is 0 Å². The first-order chi connectivity index (χ1) is 6.70. The molecule has 0 aliphatic heterocycles. The Hall–Kier alpha value is -1.64. The molecule has 0 radical (unpaired) electrons. The van der Waals surface area contributed by atoms with Gasteiger partial charge in [0.1, 0.15) is 0 Å². The molecule has 2 aromatic heterocycles. The van der Waals surface area contributed by atoms with Crippen molar-refractivity contribution in [1.82, 2.24) is 14.8 Å². The Balaban J connectivity index is 2.66. The van der Waals surface area contributed by atoms with Crippen LogP contribution in [0.25, 0.3) is 11.4 Å². The van der Waals surface area contributed by atoms with Crippen LogP contribution in [0.3, 0.4) is 0 Å². The molecular formula is C11H13N3. The van der Waals surface area contributed by atoms with E-state index in [9.17, 15) is 0 Å². The van der Waals surface area contributed by atoms with Gasteiger partial charge in [0.15, 0.2) is 0 Å². The highest BCUT2D eigenvalue weighted by molar-refractivity contribution is 5.62. The average molecular weight is 187 g/mol. The number of hydrogen-bond donors (Lipinski definition) is 0. The first-order valence-corrected chi connectivity index (χ1v) is 4.60. The van der Waals surface area contributed by atoms with Crippen molar-refractivity contribution in [3.8, 4) is 11.4 Å². The normalized spacial score (nSPS) is 10.5. The minimum atomic E-state index is 1.02.